The molecule has 3 aromatic rings. The number of hydrogen-bond acceptors (Lipinski definition) is 6. The van der Waals surface area contributed by atoms with Crippen LogP contribution in [0.5, 0.6) is 23.0 Å². The summed E-state index contributed by atoms with van der Waals surface area (Å²) in [6.45, 7) is 0. The summed E-state index contributed by atoms with van der Waals surface area (Å²) in [5, 5.41) is 10.2. The van der Waals surface area contributed by atoms with Crippen molar-refractivity contribution in [2.75, 3.05) is 14.2 Å². The van der Waals surface area contributed by atoms with Gasteiger partial charge in [-0.3, -0.25) is 4.99 Å². The molecule has 1 N–H and O–H groups in total. The number of carbonyl (C=O) groups excluding carboxylic acids is 1. The summed E-state index contributed by atoms with van der Waals surface area (Å²) < 4.78 is 15.5. The van der Waals surface area contributed by atoms with E-state index in [9.17, 15) is 9.90 Å². The van der Waals surface area contributed by atoms with Crippen molar-refractivity contribution in [1.29, 1.82) is 0 Å². The van der Waals surface area contributed by atoms with Crippen molar-refractivity contribution < 1.29 is 24.1 Å². The summed E-state index contributed by atoms with van der Waals surface area (Å²) >= 11 is 0. The van der Waals surface area contributed by atoms with Gasteiger partial charge < -0.3 is 19.3 Å². The van der Waals surface area contributed by atoms with Gasteiger partial charge in [-0.25, -0.2) is 4.79 Å². The number of phenolic OH excluding ortho intramolecular Hbond substituents is 1. The highest BCUT2D eigenvalue weighted by molar-refractivity contribution is 5.91. The van der Waals surface area contributed by atoms with E-state index in [0.29, 0.717) is 28.3 Å². The molecule has 0 bridgehead atoms. The number of esters is 1. The number of nitrogens with zero attached hydrogens (tertiary/aromatic N) is 1. The third kappa shape index (κ3) is 4.67. The second-order valence-electron chi connectivity index (χ2n) is 5.80. The number of rotatable bonds is 6. The standard InChI is InChI=1S/C22H19NO5/c1-26-18-9-6-15(7-10-18)22(25)28-20-11-8-16(21(24)13-20)14-23-17-4-3-5-19(12-17)27-2/h3-14,24H,1-2H3. The Morgan fingerprint density at radius 3 is 2.29 bits per heavy atom. The van der Waals surface area contributed by atoms with Gasteiger partial charge >= 0.3 is 5.97 Å². The molecule has 0 spiro atoms. The maximum Gasteiger partial charge on any atom is 0.343 e. The lowest BCUT2D eigenvalue weighted by molar-refractivity contribution is 0.0734. The Bertz CT molecular complexity index is 996. The van der Waals surface area contributed by atoms with Crippen LogP contribution in [0, 0.1) is 0 Å². The van der Waals surface area contributed by atoms with E-state index in [2.05, 4.69) is 4.99 Å². The highest BCUT2D eigenvalue weighted by Crippen LogP contribution is 2.25. The van der Waals surface area contributed by atoms with Gasteiger partial charge in [0.15, 0.2) is 0 Å². The van der Waals surface area contributed by atoms with Crippen molar-refractivity contribution in [2.45, 2.75) is 0 Å². The zero-order valence-corrected chi connectivity index (χ0v) is 15.5. The van der Waals surface area contributed by atoms with Crippen LogP contribution in [0.15, 0.2) is 71.7 Å². The van der Waals surface area contributed by atoms with Gasteiger partial charge in [0.1, 0.15) is 23.0 Å². The molecule has 0 aliphatic heterocycles. The zero-order valence-electron chi connectivity index (χ0n) is 15.5. The molecule has 0 aromatic heterocycles. The fourth-order valence-electron chi connectivity index (χ4n) is 2.42. The number of hydrogen-bond donors (Lipinski definition) is 1. The molecule has 6 heteroatoms. The Hall–Kier alpha value is -3.80. The lowest BCUT2D eigenvalue weighted by Crippen LogP contribution is -2.08. The highest BCUT2D eigenvalue weighted by Gasteiger charge is 2.10. The Labute approximate surface area is 162 Å². The first-order valence-corrected chi connectivity index (χ1v) is 8.46. The van der Waals surface area contributed by atoms with Gasteiger partial charge in [-0.15, -0.1) is 0 Å². The molecule has 0 fully saturated rings. The highest BCUT2D eigenvalue weighted by atomic mass is 16.5. The van der Waals surface area contributed by atoms with Crippen LogP contribution < -0.4 is 14.2 Å². The minimum absolute atomic E-state index is 0.0494. The van der Waals surface area contributed by atoms with E-state index in [1.807, 2.05) is 18.2 Å². The molecule has 28 heavy (non-hydrogen) atoms. The van der Waals surface area contributed by atoms with Gasteiger partial charge in [0.05, 0.1) is 25.5 Å². The van der Waals surface area contributed by atoms with Crippen LogP contribution in [-0.4, -0.2) is 31.5 Å². The molecule has 0 aliphatic carbocycles. The number of ether oxygens (including phenoxy) is 3. The predicted octanol–water partition coefficient (Wildman–Crippen LogP) is 4.38. The fourth-order valence-corrected chi connectivity index (χ4v) is 2.42. The van der Waals surface area contributed by atoms with Crippen LogP contribution >= 0.6 is 0 Å². The van der Waals surface area contributed by atoms with Gasteiger partial charge in [0, 0.05) is 23.9 Å². The number of phenols is 1. The maximum absolute atomic E-state index is 12.2. The molecule has 0 aliphatic rings. The number of aliphatic imine (C=N–C) groups is 1. The fraction of sp³-hybridized carbons (Fsp3) is 0.0909. The van der Waals surface area contributed by atoms with E-state index in [4.69, 9.17) is 14.2 Å². The number of benzene rings is 3. The second kappa shape index (κ2) is 8.73. The Kier molecular flexibility index (Phi) is 5.91. The molecule has 6 nitrogen and oxygen atoms in total. The van der Waals surface area contributed by atoms with Crippen LogP contribution in [-0.2, 0) is 0 Å². The largest absolute Gasteiger partial charge is 0.507 e. The lowest BCUT2D eigenvalue weighted by Gasteiger charge is -2.07. The average molecular weight is 377 g/mol. The first kappa shape index (κ1) is 19.0. The zero-order chi connectivity index (χ0) is 19.9. The Morgan fingerprint density at radius 1 is 0.893 bits per heavy atom. The summed E-state index contributed by atoms with van der Waals surface area (Å²) in [6.07, 6.45) is 1.53. The molecule has 0 saturated heterocycles. The Balaban J connectivity index is 1.70. The Morgan fingerprint density at radius 2 is 1.61 bits per heavy atom. The third-order valence-electron chi connectivity index (χ3n) is 3.94. The quantitative estimate of drug-likeness (QED) is 0.392. The molecule has 0 amide bonds. The number of methoxy groups -OCH3 is 2. The summed E-state index contributed by atoms with van der Waals surface area (Å²) in [5.41, 5.74) is 1.56. The summed E-state index contributed by atoms with van der Waals surface area (Å²) in [6, 6.07) is 18.4. The van der Waals surface area contributed by atoms with Gasteiger partial charge in [-0.05, 0) is 48.5 Å². The van der Waals surface area contributed by atoms with E-state index in [1.165, 1.54) is 12.3 Å². The molecule has 0 atom stereocenters. The van der Waals surface area contributed by atoms with E-state index in [-0.39, 0.29) is 11.5 Å². The van der Waals surface area contributed by atoms with Crippen molar-refractivity contribution in [1.82, 2.24) is 0 Å². The molecular weight excluding hydrogens is 358 g/mol. The summed E-state index contributed by atoms with van der Waals surface area (Å²) in [7, 11) is 3.13. The monoisotopic (exact) mass is 377 g/mol. The van der Waals surface area contributed by atoms with Crippen molar-refractivity contribution in [3.8, 4) is 23.0 Å². The van der Waals surface area contributed by atoms with E-state index in [1.54, 1.807) is 56.7 Å². The van der Waals surface area contributed by atoms with Gasteiger partial charge in [0.2, 0.25) is 0 Å². The second-order valence-corrected chi connectivity index (χ2v) is 5.80. The first-order chi connectivity index (χ1) is 13.6. The normalized spacial score (nSPS) is 10.6. The van der Waals surface area contributed by atoms with Crippen LogP contribution in [0.3, 0.4) is 0 Å². The van der Waals surface area contributed by atoms with Crippen molar-refractivity contribution in [3.63, 3.8) is 0 Å². The van der Waals surface area contributed by atoms with Crippen molar-refractivity contribution >= 4 is 17.9 Å². The average Bonchev–Trinajstić information content (AvgIpc) is 2.73. The minimum atomic E-state index is -0.528. The van der Waals surface area contributed by atoms with Gasteiger partial charge in [-0.2, -0.15) is 0 Å². The lowest BCUT2D eigenvalue weighted by atomic mass is 10.2. The van der Waals surface area contributed by atoms with Crippen molar-refractivity contribution in [2.24, 2.45) is 4.99 Å². The summed E-state index contributed by atoms with van der Waals surface area (Å²) in [4.78, 5) is 16.5. The molecule has 0 radical (unpaired) electrons. The van der Waals surface area contributed by atoms with Gasteiger partial charge in [0.25, 0.3) is 0 Å². The van der Waals surface area contributed by atoms with E-state index < -0.39 is 5.97 Å². The van der Waals surface area contributed by atoms with Crippen LogP contribution in [0.1, 0.15) is 15.9 Å². The molecule has 0 unspecified atom stereocenters. The number of carbonyl (C=O) groups is 1. The summed E-state index contributed by atoms with van der Waals surface area (Å²) in [5.74, 6) is 0.997. The van der Waals surface area contributed by atoms with Crippen LogP contribution in [0.25, 0.3) is 0 Å². The topological polar surface area (TPSA) is 77.4 Å². The molecule has 3 rings (SSSR count). The SMILES string of the molecule is COc1ccc(C(=O)Oc2ccc(C=Nc3cccc(OC)c3)c(O)c2)cc1. The third-order valence-corrected chi connectivity index (χ3v) is 3.94. The van der Waals surface area contributed by atoms with E-state index >= 15 is 0 Å². The molecule has 142 valence electrons. The predicted molar refractivity (Wildman–Crippen MR) is 106 cm³/mol. The van der Waals surface area contributed by atoms with E-state index in [0.717, 1.165) is 0 Å². The van der Waals surface area contributed by atoms with Crippen LogP contribution in [0.2, 0.25) is 0 Å². The maximum atomic E-state index is 12.2. The minimum Gasteiger partial charge on any atom is -0.507 e. The van der Waals surface area contributed by atoms with Gasteiger partial charge in [-0.1, -0.05) is 6.07 Å². The number of aromatic hydroxyl groups is 1. The van der Waals surface area contributed by atoms with Crippen molar-refractivity contribution in [3.05, 3.63) is 77.9 Å². The van der Waals surface area contributed by atoms with Crippen LogP contribution in [0.4, 0.5) is 5.69 Å². The molecular formula is C22H19NO5. The molecule has 0 saturated carbocycles. The first-order valence-electron chi connectivity index (χ1n) is 8.46. The molecule has 3 aromatic carbocycles. The molecule has 0 heterocycles. The smallest absolute Gasteiger partial charge is 0.343 e.